The van der Waals surface area contributed by atoms with Crippen LogP contribution in [0.2, 0.25) is 0 Å². The van der Waals surface area contributed by atoms with E-state index >= 15 is 0 Å². The molecule has 2 N–H and O–H groups in total. The molecular formula is C10H11N3O4. The normalized spacial score (nSPS) is 10.4. The Morgan fingerprint density at radius 2 is 2.41 bits per heavy atom. The quantitative estimate of drug-likeness (QED) is 0.753. The van der Waals surface area contributed by atoms with Crippen molar-refractivity contribution in [2.24, 2.45) is 0 Å². The number of hydrogen-bond donors (Lipinski definition) is 2. The van der Waals surface area contributed by atoms with Gasteiger partial charge >= 0.3 is 5.76 Å². The lowest BCUT2D eigenvalue weighted by Crippen LogP contribution is -2.27. The fraction of sp³-hybridized carbons (Fsp3) is 0.300. The Bertz CT molecular complexity index is 526. The summed E-state index contributed by atoms with van der Waals surface area (Å²) in [4.78, 5) is 24.4. The third kappa shape index (κ3) is 3.33. The largest absolute Gasteiger partial charge is 0.472 e. The molecule has 0 radical (unpaired) electrons. The number of carbonyl (C=O) groups is 1. The summed E-state index contributed by atoms with van der Waals surface area (Å²) in [5, 5.41) is 6.17. The Balaban J connectivity index is 1.71. The topological polar surface area (TPSA) is 101 Å². The fourth-order valence-electron chi connectivity index (χ4n) is 1.33. The van der Waals surface area contributed by atoms with Gasteiger partial charge in [0.25, 0.3) is 0 Å². The van der Waals surface area contributed by atoms with Gasteiger partial charge in [-0.2, -0.15) is 0 Å². The molecule has 0 bridgehead atoms. The summed E-state index contributed by atoms with van der Waals surface area (Å²) in [6.45, 7) is 0.388. The van der Waals surface area contributed by atoms with Crippen LogP contribution < -0.4 is 11.1 Å². The molecule has 0 saturated heterocycles. The molecule has 2 aromatic heterocycles. The predicted octanol–water partition coefficient (Wildman–Crippen LogP) is -0.143. The van der Waals surface area contributed by atoms with Gasteiger partial charge in [0, 0.05) is 13.0 Å². The third-order valence-corrected chi connectivity index (χ3v) is 2.11. The van der Waals surface area contributed by atoms with Gasteiger partial charge < -0.3 is 9.73 Å². The van der Waals surface area contributed by atoms with Crippen LogP contribution in [-0.4, -0.2) is 22.6 Å². The number of furan rings is 1. The van der Waals surface area contributed by atoms with E-state index in [0.29, 0.717) is 18.8 Å². The summed E-state index contributed by atoms with van der Waals surface area (Å²) >= 11 is 0. The Morgan fingerprint density at radius 3 is 3.06 bits per heavy atom. The van der Waals surface area contributed by atoms with E-state index in [1.54, 1.807) is 6.07 Å². The first-order valence-corrected chi connectivity index (χ1v) is 5.06. The standard InChI is InChI=1S/C10H11N3O4/c14-9(5-7-2-4-16-6-7)11-3-1-8-12-10(15)17-13-8/h2,4,6H,1,3,5H2,(H,11,14)(H,12,13,15). The summed E-state index contributed by atoms with van der Waals surface area (Å²) < 4.78 is 9.17. The highest BCUT2D eigenvalue weighted by Gasteiger charge is 2.05. The number of aromatic amines is 1. The molecule has 0 aliphatic carbocycles. The molecule has 0 aromatic carbocycles. The van der Waals surface area contributed by atoms with Crippen LogP contribution in [0.4, 0.5) is 0 Å². The molecule has 2 rings (SSSR count). The molecule has 2 heterocycles. The Morgan fingerprint density at radius 1 is 1.53 bits per heavy atom. The molecule has 7 heteroatoms. The van der Waals surface area contributed by atoms with Gasteiger partial charge in [-0.15, -0.1) is 0 Å². The number of H-pyrrole nitrogens is 1. The van der Waals surface area contributed by atoms with E-state index in [1.807, 2.05) is 0 Å². The van der Waals surface area contributed by atoms with Crippen LogP contribution in [0, 0.1) is 0 Å². The van der Waals surface area contributed by atoms with Gasteiger partial charge in [0.15, 0.2) is 5.82 Å². The monoisotopic (exact) mass is 237 g/mol. The SMILES string of the molecule is O=C(Cc1ccoc1)NCCc1noc(=O)[nH]1. The minimum absolute atomic E-state index is 0.114. The van der Waals surface area contributed by atoms with Crippen LogP contribution >= 0.6 is 0 Å². The zero-order valence-electron chi connectivity index (χ0n) is 8.93. The average molecular weight is 237 g/mol. The summed E-state index contributed by atoms with van der Waals surface area (Å²) in [5.74, 6) is -0.291. The molecule has 0 saturated carbocycles. The maximum Gasteiger partial charge on any atom is 0.438 e. The maximum atomic E-state index is 11.4. The van der Waals surface area contributed by atoms with Gasteiger partial charge in [-0.1, -0.05) is 5.16 Å². The molecule has 90 valence electrons. The molecule has 0 fully saturated rings. The highest BCUT2D eigenvalue weighted by Crippen LogP contribution is 2.00. The molecule has 1 amide bonds. The van der Waals surface area contributed by atoms with Gasteiger partial charge in [-0.05, 0) is 11.6 Å². The van der Waals surface area contributed by atoms with E-state index in [1.165, 1.54) is 12.5 Å². The number of amides is 1. The number of nitrogens with zero attached hydrogens (tertiary/aromatic N) is 1. The highest BCUT2D eigenvalue weighted by atomic mass is 16.5. The van der Waals surface area contributed by atoms with Crippen LogP contribution in [0.25, 0.3) is 0 Å². The lowest BCUT2D eigenvalue weighted by molar-refractivity contribution is -0.120. The van der Waals surface area contributed by atoms with E-state index in [4.69, 9.17) is 4.42 Å². The number of rotatable bonds is 5. The van der Waals surface area contributed by atoms with Gasteiger partial charge in [-0.25, -0.2) is 4.79 Å². The Labute approximate surface area is 95.8 Å². The zero-order chi connectivity index (χ0) is 12.1. The predicted molar refractivity (Wildman–Crippen MR) is 56.2 cm³/mol. The van der Waals surface area contributed by atoms with E-state index in [9.17, 15) is 9.59 Å². The second kappa shape index (κ2) is 5.15. The average Bonchev–Trinajstić information content (AvgIpc) is 2.90. The van der Waals surface area contributed by atoms with Crippen molar-refractivity contribution in [3.8, 4) is 0 Å². The lowest BCUT2D eigenvalue weighted by Gasteiger charge is -2.01. The second-order valence-corrected chi connectivity index (χ2v) is 3.45. The smallest absolute Gasteiger partial charge is 0.438 e. The van der Waals surface area contributed by atoms with Crippen molar-refractivity contribution in [3.63, 3.8) is 0 Å². The first-order valence-electron chi connectivity index (χ1n) is 5.06. The van der Waals surface area contributed by atoms with Gasteiger partial charge in [0.05, 0.1) is 18.9 Å². The van der Waals surface area contributed by atoms with Crippen molar-refractivity contribution in [1.82, 2.24) is 15.5 Å². The first kappa shape index (κ1) is 11.2. The molecular weight excluding hydrogens is 226 g/mol. The second-order valence-electron chi connectivity index (χ2n) is 3.45. The van der Waals surface area contributed by atoms with Crippen molar-refractivity contribution in [2.75, 3.05) is 6.54 Å². The van der Waals surface area contributed by atoms with Gasteiger partial charge in [-0.3, -0.25) is 14.3 Å². The van der Waals surface area contributed by atoms with Crippen LogP contribution in [0.5, 0.6) is 0 Å². The van der Waals surface area contributed by atoms with Crippen molar-refractivity contribution >= 4 is 5.91 Å². The molecule has 7 nitrogen and oxygen atoms in total. The molecule has 0 aliphatic heterocycles. The third-order valence-electron chi connectivity index (χ3n) is 2.11. The maximum absolute atomic E-state index is 11.4. The van der Waals surface area contributed by atoms with Crippen molar-refractivity contribution < 1.29 is 13.7 Å². The molecule has 0 spiro atoms. The number of nitrogens with one attached hydrogen (secondary N) is 2. The number of carbonyl (C=O) groups excluding carboxylic acids is 1. The van der Waals surface area contributed by atoms with Crippen molar-refractivity contribution in [3.05, 3.63) is 40.5 Å². The van der Waals surface area contributed by atoms with Crippen LogP contribution in [0.1, 0.15) is 11.4 Å². The highest BCUT2D eigenvalue weighted by molar-refractivity contribution is 5.78. The van der Waals surface area contributed by atoms with E-state index in [2.05, 4.69) is 20.0 Å². The van der Waals surface area contributed by atoms with Crippen molar-refractivity contribution in [2.45, 2.75) is 12.8 Å². The lowest BCUT2D eigenvalue weighted by atomic mass is 10.2. The number of aromatic nitrogens is 2. The Hall–Kier alpha value is -2.31. The first-order chi connectivity index (χ1) is 8.24. The molecule has 0 atom stereocenters. The van der Waals surface area contributed by atoms with Gasteiger partial charge in [0.1, 0.15) is 0 Å². The van der Waals surface area contributed by atoms with Crippen molar-refractivity contribution in [1.29, 1.82) is 0 Å². The Kier molecular flexibility index (Phi) is 3.39. The minimum Gasteiger partial charge on any atom is -0.472 e. The molecule has 0 aliphatic rings. The fourth-order valence-corrected chi connectivity index (χ4v) is 1.33. The zero-order valence-corrected chi connectivity index (χ0v) is 8.93. The van der Waals surface area contributed by atoms with Gasteiger partial charge in [0.2, 0.25) is 5.91 Å². The summed E-state index contributed by atoms with van der Waals surface area (Å²) in [6, 6.07) is 1.73. The van der Waals surface area contributed by atoms with Crippen LogP contribution in [0.3, 0.4) is 0 Å². The summed E-state index contributed by atoms with van der Waals surface area (Å²) in [5.41, 5.74) is 0.817. The minimum atomic E-state index is -0.593. The molecule has 2 aromatic rings. The van der Waals surface area contributed by atoms with E-state index in [-0.39, 0.29) is 12.3 Å². The van der Waals surface area contributed by atoms with E-state index in [0.717, 1.165) is 5.56 Å². The van der Waals surface area contributed by atoms with Crippen LogP contribution in [0.15, 0.2) is 32.3 Å². The summed E-state index contributed by atoms with van der Waals surface area (Å²) in [7, 11) is 0. The number of hydrogen-bond acceptors (Lipinski definition) is 5. The molecule has 0 unspecified atom stereocenters. The van der Waals surface area contributed by atoms with Crippen LogP contribution in [-0.2, 0) is 17.6 Å². The summed E-state index contributed by atoms with van der Waals surface area (Å²) in [6.07, 6.45) is 3.73. The van der Waals surface area contributed by atoms with E-state index < -0.39 is 5.76 Å². The molecule has 17 heavy (non-hydrogen) atoms.